The van der Waals surface area contributed by atoms with Crippen LogP contribution < -0.4 is 0 Å². The Balaban J connectivity index is 0. The zero-order chi connectivity index (χ0) is 0. The van der Waals surface area contributed by atoms with E-state index < -0.39 is 0 Å². The van der Waals surface area contributed by atoms with Crippen molar-refractivity contribution in [3.05, 3.63) is 0 Å². The van der Waals surface area contributed by atoms with Gasteiger partial charge in [0.2, 0.25) is 0 Å². The van der Waals surface area contributed by atoms with Crippen molar-refractivity contribution in [2.24, 2.45) is 0 Å². The summed E-state index contributed by atoms with van der Waals surface area (Å²) in [6.07, 6.45) is 0. The number of hydrogen-bond donors (Lipinski definition) is 0. The van der Waals surface area contributed by atoms with Gasteiger partial charge in [-0.05, 0) is 0 Å². The molecule has 0 heterocycles. The van der Waals surface area contributed by atoms with Gasteiger partial charge in [-0.15, -0.1) is 0 Å². The predicted octanol–water partition coefficient (Wildman–Crippen LogP) is -0.0122. The van der Waals surface area contributed by atoms with Crippen LogP contribution in [-0.2, 0) is 79.3 Å². The van der Waals surface area contributed by atoms with Crippen molar-refractivity contribution >= 4 is 40.5 Å². The molecule has 0 aliphatic carbocycles. The molecule has 0 atom stereocenters. The average molecular weight is 208 g/mol. The quantitative estimate of drug-likeness (QED) is 0.490. The molecule has 5 heteroatoms. The second-order valence-electron chi connectivity index (χ2n) is 0. The molecule has 0 aliphatic heterocycles. The normalized spacial score (nSPS) is 0. The molecule has 0 saturated heterocycles. The maximum Gasteiger partial charge on any atom is 4.00 e. The van der Waals surface area contributed by atoms with Gasteiger partial charge in [-0.25, -0.2) is 0 Å². The topological polar surface area (TPSA) is 0 Å². The largest absolute Gasteiger partial charge is 4.00 e. The second-order valence-corrected chi connectivity index (χ2v) is 0. The maximum absolute atomic E-state index is 0. The van der Waals surface area contributed by atoms with E-state index in [1.807, 2.05) is 0 Å². The van der Waals surface area contributed by atoms with Crippen LogP contribution in [0.4, 0.5) is 0 Å². The van der Waals surface area contributed by atoms with E-state index in [0.717, 1.165) is 0 Å². The third-order valence-electron chi connectivity index (χ3n) is 0. The smallest absolute Gasteiger partial charge is 2.00 e. The first-order valence-corrected chi connectivity index (χ1v) is 0. The van der Waals surface area contributed by atoms with Crippen LogP contribution in [0.5, 0.6) is 0 Å². The Hall–Kier alpha value is 2.28. The van der Waals surface area contributed by atoms with E-state index in [1.54, 1.807) is 0 Å². The molecule has 0 unspecified atom stereocenters. The first kappa shape index (κ1) is 55.1. The van der Waals surface area contributed by atoms with E-state index >= 15 is 0 Å². The zero-order valence-corrected chi connectivity index (χ0v) is 6.98. The molecule has 0 bridgehead atoms. The fraction of sp³-hybridized carbons (Fsp3) is 0. The Labute approximate surface area is 78.5 Å². The number of hydrogen-bond acceptors (Lipinski definition) is 0. The van der Waals surface area contributed by atoms with Crippen molar-refractivity contribution < 1.29 is 38.8 Å². The summed E-state index contributed by atoms with van der Waals surface area (Å²) in [5.41, 5.74) is 0. The summed E-state index contributed by atoms with van der Waals surface area (Å²) in [5, 5.41) is 0. The van der Waals surface area contributed by atoms with Gasteiger partial charge in [-0.3, -0.25) is 0 Å². The van der Waals surface area contributed by atoms with Gasteiger partial charge < -0.3 is 40.5 Å². The summed E-state index contributed by atoms with van der Waals surface area (Å²) >= 11 is 0. The SMILES string of the molecule is [Cu+2].[S-2].[S-2].[S-2].[Ti+4]. The van der Waals surface area contributed by atoms with Gasteiger partial charge in [0.15, 0.2) is 0 Å². The Morgan fingerprint density at radius 2 is 0.600 bits per heavy atom. The Kier molecular flexibility index (Phi) is 371. The van der Waals surface area contributed by atoms with Crippen LogP contribution >= 0.6 is 0 Å². The molecule has 0 aromatic heterocycles. The van der Waals surface area contributed by atoms with E-state index in [0.29, 0.717) is 0 Å². The predicted molar refractivity (Wildman–Crippen MR) is 22.1 cm³/mol. The minimum absolute atomic E-state index is 0. The molecular formula is CuS3Ti. The third-order valence-corrected chi connectivity index (χ3v) is 0. The fourth-order valence-corrected chi connectivity index (χ4v) is 0. The van der Waals surface area contributed by atoms with E-state index in [1.165, 1.54) is 0 Å². The van der Waals surface area contributed by atoms with E-state index in [2.05, 4.69) is 0 Å². The van der Waals surface area contributed by atoms with Crippen molar-refractivity contribution in [3.63, 3.8) is 0 Å². The molecule has 0 fully saturated rings. The minimum Gasteiger partial charge on any atom is -2.00 e. The third kappa shape index (κ3) is 22.1. The number of rotatable bonds is 0. The van der Waals surface area contributed by atoms with Crippen molar-refractivity contribution in [1.82, 2.24) is 0 Å². The van der Waals surface area contributed by atoms with E-state index in [9.17, 15) is 0 Å². The summed E-state index contributed by atoms with van der Waals surface area (Å²) in [7, 11) is 0. The molecule has 0 saturated carbocycles. The molecule has 0 rings (SSSR count). The summed E-state index contributed by atoms with van der Waals surface area (Å²) in [6.45, 7) is 0. The molecule has 33 valence electrons. The molecule has 0 N–H and O–H groups in total. The van der Waals surface area contributed by atoms with Gasteiger partial charge >= 0.3 is 38.8 Å². The van der Waals surface area contributed by atoms with Gasteiger partial charge in [0.25, 0.3) is 0 Å². The van der Waals surface area contributed by atoms with Crippen LogP contribution in [0.25, 0.3) is 0 Å². The molecular weight excluding hydrogens is 208 g/mol. The summed E-state index contributed by atoms with van der Waals surface area (Å²) in [4.78, 5) is 0. The van der Waals surface area contributed by atoms with Crippen LogP contribution in [0.1, 0.15) is 0 Å². The first-order valence-electron chi connectivity index (χ1n) is 0. The molecule has 0 spiro atoms. The van der Waals surface area contributed by atoms with Crippen molar-refractivity contribution in [1.29, 1.82) is 0 Å². The monoisotopic (exact) mass is 207 g/mol. The van der Waals surface area contributed by atoms with E-state index in [4.69, 9.17) is 0 Å². The van der Waals surface area contributed by atoms with Crippen LogP contribution in [0.3, 0.4) is 0 Å². The van der Waals surface area contributed by atoms with Crippen LogP contribution in [-0.4, -0.2) is 0 Å². The zero-order valence-electron chi connectivity index (χ0n) is 2.03. The summed E-state index contributed by atoms with van der Waals surface area (Å²) in [6, 6.07) is 0. The molecule has 0 aromatic carbocycles. The van der Waals surface area contributed by atoms with Gasteiger partial charge in [0, 0.05) is 0 Å². The van der Waals surface area contributed by atoms with Gasteiger partial charge in [0.1, 0.15) is 0 Å². The van der Waals surface area contributed by atoms with Gasteiger partial charge in [-0.1, -0.05) is 0 Å². The summed E-state index contributed by atoms with van der Waals surface area (Å²) < 4.78 is 0. The molecule has 1 radical (unpaired) electrons. The van der Waals surface area contributed by atoms with E-state index in [-0.39, 0.29) is 79.3 Å². The van der Waals surface area contributed by atoms with Crippen LogP contribution in [0.2, 0.25) is 0 Å². The fourth-order valence-electron chi connectivity index (χ4n) is 0. The molecule has 0 amide bonds. The van der Waals surface area contributed by atoms with Crippen molar-refractivity contribution in [3.8, 4) is 0 Å². The molecule has 0 nitrogen and oxygen atoms in total. The van der Waals surface area contributed by atoms with Crippen molar-refractivity contribution in [2.45, 2.75) is 0 Å². The Morgan fingerprint density at radius 1 is 0.600 bits per heavy atom. The van der Waals surface area contributed by atoms with Crippen LogP contribution in [0.15, 0.2) is 0 Å². The van der Waals surface area contributed by atoms with Crippen LogP contribution in [0, 0.1) is 0 Å². The van der Waals surface area contributed by atoms with Gasteiger partial charge in [-0.2, -0.15) is 0 Å². The molecule has 0 aliphatic rings. The Morgan fingerprint density at radius 3 is 0.600 bits per heavy atom. The second kappa shape index (κ2) is 33.6. The Bertz CT molecular complexity index is 6.85. The average Bonchev–Trinajstić information content (AvgIpc) is 0. The first-order chi connectivity index (χ1) is 0. The van der Waals surface area contributed by atoms with Crippen molar-refractivity contribution in [2.75, 3.05) is 0 Å². The standard InChI is InChI=1S/Cu.3S.Ti/q+2;3*-2;+4. The van der Waals surface area contributed by atoms with Gasteiger partial charge in [0.05, 0.1) is 0 Å². The minimum atomic E-state index is 0. The molecule has 0 aromatic rings. The molecule has 5 heavy (non-hydrogen) atoms. The summed E-state index contributed by atoms with van der Waals surface area (Å²) in [5.74, 6) is 0. The maximum atomic E-state index is 0.